The minimum absolute atomic E-state index is 0.206. The maximum absolute atomic E-state index is 12.6. The monoisotopic (exact) mass is 495 g/mol. The molecular formula is C24H22BrN3O4. The van der Waals surface area contributed by atoms with Crippen LogP contribution < -0.4 is 20.7 Å². The number of anilines is 1. The summed E-state index contributed by atoms with van der Waals surface area (Å²) in [6.45, 7) is -0.158. The average molecular weight is 496 g/mol. The summed E-state index contributed by atoms with van der Waals surface area (Å²) in [5.74, 6) is -0.874. The Morgan fingerprint density at radius 3 is 2.25 bits per heavy atom. The molecule has 0 aliphatic carbocycles. The lowest BCUT2D eigenvalue weighted by Crippen LogP contribution is -2.36. The number of halogens is 1. The van der Waals surface area contributed by atoms with Crippen LogP contribution in [0.4, 0.5) is 5.69 Å². The van der Waals surface area contributed by atoms with E-state index in [0.29, 0.717) is 17.8 Å². The van der Waals surface area contributed by atoms with Crippen LogP contribution in [0.2, 0.25) is 0 Å². The average Bonchev–Trinajstić information content (AvgIpc) is 2.82. The van der Waals surface area contributed by atoms with E-state index in [1.54, 1.807) is 42.5 Å². The van der Waals surface area contributed by atoms with Crippen LogP contribution in [-0.2, 0) is 16.1 Å². The lowest BCUT2D eigenvalue weighted by molar-refractivity contribution is -0.125. The number of amides is 3. The van der Waals surface area contributed by atoms with E-state index in [0.717, 1.165) is 10.0 Å². The van der Waals surface area contributed by atoms with Crippen molar-refractivity contribution in [2.24, 2.45) is 0 Å². The van der Waals surface area contributed by atoms with Gasteiger partial charge in [0.15, 0.2) is 6.61 Å². The van der Waals surface area contributed by atoms with Crippen LogP contribution in [0.25, 0.3) is 0 Å². The Balaban J connectivity index is 1.47. The van der Waals surface area contributed by atoms with Gasteiger partial charge in [-0.2, -0.15) is 0 Å². The van der Waals surface area contributed by atoms with Crippen molar-refractivity contribution >= 4 is 39.3 Å². The lowest BCUT2D eigenvalue weighted by atomic mass is 10.1. The van der Waals surface area contributed by atoms with E-state index in [4.69, 9.17) is 4.74 Å². The fraction of sp³-hybridized carbons (Fsp3) is 0.125. The van der Waals surface area contributed by atoms with Gasteiger partial charge in [0.1, 0.15) is 5.75 Å². The molecule has 0 aliphatic rings. The second kappa shape index (κ2) is 11.7. The zero-order valence-electron chi connectivity index (χ0n) is 17.1. The molecule has 0 radical (unpaired) electrons. The van der Waals surface area contributed by atoms with Crippen LogP contribution in [0.15, 0.2) is 83.3 Å². The van der Waals surface area contributed by atoms with Gasteiger partial charge in [0.2, 0.25) is 5.91 Å². The quantitative estimate of drug-likeness (QED) is 0.423. The van der Waals surface area contributed by atoms with Gasteiger partial charge in [-0.3, -0.25) is 14.4 Å². The molecule has 0 fully saturated rings. The molecule has 0 heterocycles. The Bertz CT molecular complexity index is 1090. The first kappa shape index (κ1) is 23.0. The van der Waals surface area contributed by atoms with Gasteiger partial charge in [0, 0.05) is 11.0 Å². The Morgan fingerprint density at radius 1 is 0.781 bits per heavy atom. The first-order valence-electron chi connectivity index (χ1n) is 9.88. The summed E-state index contributed by atoms with van der Waals surface area (Å²) < 4.78 is 6.27. The minimum atomic E-state index is -0.480. The van der Waals surface area contributed by atoms with Crippen molar-refractivity contribution in [1.82, 2.24) is 10.6 Å². The van der Waals surface area contributed by atoms with Crippen molar-refractivity contribution in [3.05, 3.63) is 94.5 Å². The zero-order valence-corrected chi connectivity index (χ0v) is 18.7. The molecule has 0 saturated carbocycles. The van der Waals surface area contributed by atoms with Crippen molar-refractivity contribution in [2.45, 2.75) is 6.54 Å². The number of benzene rings is 3. The third-order valence-electron chi connectivity index (χ3n) is 4.38. The summed E-state index contributed by atoms with van der Waals surface area (Å²) in [6, 6.07) is 23.4. The van der Waals surface area contributed by atoms with Crippen LogP contribution >= 0.6 is 15.9 Å². The number of rotatable bonds is 9. The van der Waals surface area contributed by atoms with E-state index in [-0.39, 0.29) is 30.7 Å². The maximum Gasteiger partial charge on any atom is 0.258 e. The molecule has 0 spiro atoms. The van der Waals surface area contributed by atoms with E-state index in [9.17, 15) is 14.4 Å². The summed E-state index contributed by atoms with van der Waals surface area (Å²) in [5, 5.41) is 8.03. The molecule has 0 saturated heterocycles. The molecular weight excluding hydrogens is 474 g/mol. The van der Waals surface area contributed by atoms with Gasteiger partial charge in [-0.05, 0) is 45.8 Å². The van der Waals surface area contributed by atoms with Crippen LogP contribution in [0.1, 0.15) is 15.9 Å². The topological polar surface area (TPSA) is 96.5 Å². The molecule has 0 atom stereocenters. The number of hydrogen-bond donors (Lipinski definition) is 3. The van der Waals surface area contributed by atoms with Gasteiger partial charge in [0.05, 0.1) is 17.8 Å². The van der Waals surface area contributed by atoms with Crippen LogP contribution in [0.5, 0.6) is 5.75 Å². The van der Waals surface area contributed by atoms with Crippen molar-refractivity contribution < 1.29 is 19.1 Å². The molecule has 7 nitrogen and oxygen atoms in total. The van der Waals surface area contributed by atoms with E-state index >= 15 is 0 Å². The highest BCUT2D eigenvalue weighted by atomic mass is 79.9. The van der Waals surface area contributed by atoms with Gasteiger partial charge in [-0.1, -0.05) is 54.6 Å². The first-order chi connectivity index (χ1) is 15.5. The highest BCUT2D eigenvalue weighted by Crippen LogP contribution is 2.21. The van der Waals surface area contributed by atoms with Crippen LogP contribution in [0, 0.1) is 0 Å². The smallest absolute Gasteiger partial charge is 0.258 e. The van der Waals surface area contributed by atoms with Gasteiger partial charge in [-0.15, -0.1) is 0 Å². The molecule has 3 N–H and O–H groups in total. The molecule has 0 aliphatic heterocycles. The van der Waals surface area contributed by atoms with Crippen LogP contribution in [0.3, 0.4) is 0 Å². The summed E-state index contributed by atoms with van der Waals surface area (Å²) in [5.41, 5.74) is 1.90. The van der Waals surface area contributed by atoms with Gasteiger partial charge in [-0.25, -0.2) is 0 Å². The SMILES string of the molecule is O=C(COc1ccccc1C(=O)NCc1ccccc1)NCC(=O)Nc1ccccc1Br. The molecule has 3 aromatic carbocycles. The fourth-order valence-corrected chi connectivity index (χ4v) is 3.17. The number of hydrogen-bond acceptors (Lipinski definition) is 4. The summed E-state index contributed by atoms with van der Waals surface area (Å²) in [4.78, 5) is 36.7. The largest absolute Gasteiger partial charge is 0.483 e. The van der Waals surface area contributed by atoms with E-state index in [1.165, 1.54) is 0 Å². The summed E-state index contributed by atoms with van der Waals surface area (Å²) in [6.07, 6.45) is 0. The Kier molecular flexibility index (Phi) is 8.39. The predicted molar refractivity (Wildman–Crippen MR) is 125 cm³/mol. The van der Waals surface area contributed by atoms with Crippen molar-refractivity contribution in [3.63, 3.8) is 0 Å². The van der Waals surface area contributed by atoms with Gasteiger partial charge in [0.25, 0.3) is 11.8 Å². The molecule has 0 bridgehead atoms. The predicted octanol–water partition coefficient (Wildman–Crippen LogP) is 3.51. The molecule has 8 heteroatoms. The number of carbonyl (C=O) groups excluding carboxylic acids is 3. The van der Waals surface area contributed by atoms with Gasteiger partial charge < -0.3 is 20.7 Å². The second-order valence-electron chi connectivity index (χ2n) is 6.76. The Morgan fingerprint density at radius 2 is 1.47 bits per heavy atom. The molecule has 3 rings (SSSR count). The molecule has 3 aromatic rings. The van der Waals surface area contributed by atoms with Gasteiger partial charge >= 0.3 is 0 Å². The lowest BCUT2D eigenvalue weighted by Gasteiger charge is -2.12. The third kappa shape index (κ3) is 6.95. The molecule has 3 amide bonds. The van der Waals surface area contributed by atoms with Crippen molar-refractivity contribution in [1.29, 1.82) is 0 Å². The standard InChI is InChI=1S/C24H22BrN3O4/c25-19-11-5-6-12-20(19)28-22(29)15-26-23(30)16-32-21-13-7-4-10-18(21)24(31)27-14-17-8-2-1-3-9-17/h1-13H,14-16H2,(H,26,30)(H,27,31)(H,28,29). The molecule has 0 unspecified atom stereocenters. The van der Waals surface area contributed by atoms with E-state index in [1.807, 2.05) is 36.4 Å². The highest BCUT2D eigenvalue weighted by Gasteiger charge is 2.14. The highest BCUT2D eigenvalue weighted by molar-refractivity contribution is 9.10. The zero-order chi connectivity index (χ0) is 22.8. The van der Waals surface area contributed by atoms with Crippen molar-refractivity contribution in [2.75, 3.05) is 18.5 Å². The molecule has 164 valence electrons. The Hall–Kier alpha value is -3.65. The first-order valence-corrected chi connectivity index (χ1v) is 10.7. The molecule has 0 aromatic heterocycles. The van der Waals surface area contributed by atoms with E-state index in [2.05, 4.69) is 31.9 Å². The minimum Gasteiger partial charge on any atom is -0.483 e. The number of carbonyl (C=O) groups is 3. The van der Waals surface area contributed by atoms with Crippen LogP contribution in [-0.4, -0.2) is 30.9 Å². The number of ether oxygens (including phenoxy) is 1. The summed E-state index contributed by atoms with van der Waals surface area (Å²) in [7, 11) is 0. The fourth-order valence-electron chi connectivity index (χ4n) is 2.78. The molecule has 32 heavy (non-hydrogen) atoms. The van der Waals surface area contributed by atoms with E-state index < -0.39 is 5.91 Å². The third-order valence-corrected chi connectivity index (χ3v) is 5.07. The normalized spacial score (nSPS) is 10.2. The number of para-hydroxylation sites is 2. The second-order valence-corrected chi connectivity index (χ2v) is 7.61. The number of nitrogens with one attached hydrogen (secondary N) is 3. The maximum atomic E-state index is 12.6. The Labute approximate surface area is 194 Å². The summed E-state index contributed by atoms with van der Waals surface area (Å²) >= 11 is 3.34. The van der Waals surface area contributed by atoms with Crippen molar-refractivity contribution in [3.8, 4) is 5.75 Å².